The van der Waals surface area contributed by atoms with Crippen molar-refractivity contribution in [3.05, 3.63) is 24.0 Å². The number of hydrogen-bond acceptors (Lipinski definition) is 3. The number of carbonyl (C=O) groups is 1. The monoisotopic (exact) mass is 332 g/mol. The standard InChI is InChI=1S/C17H22FN5O/c18-13-3-4-16-15(11-13)19-20-23(16)14-5-9-21(10-6-14)12-17(24)22-7-1-2-8-22/h3-4,11,14H,1-2,5-10,12H2/p+1. The number of fused-ring (bicyclic) bond motifs is 1. The van der Waals surface area contributed by atoms with Crippen molar-refractivity contribution in [1.82, 2.24) is 19.9 Å². The van der Waals surface area contributed by atoms with E-state index in [2.05, 4.69) is 10.3 Å². The fourth-order valence-electron chi connectivity index (χ4n) is 3.91. The van der Waals surface area contributed by atoms with Gasteiger partial charge < -0.3 is 9.80 Å². The van der Waals surface area contributed by atoms with E-state index in [9.17, 15) is 9.18 Å². The van der Waals surface area contributed by atoms with E-state index in [4.69, 9.17) is 0 Å². The third-order valence-corrected chi connectivity index (χ3v) is 5.30. The molecular weight excluding hydrogens is 309 g/mol. The molecule has 2 aromatic rings. The Morgan fingerprint density at radius 2 is 2.00 bits per heavy atom. The molecule has 4 rings (SSSR count). The summed E-state index contributed by atoms with van der Waals surface area (Å²) in [5.41, 5.74) is 1.49. The predicted molar refractivity (Wildman–Crippen MR) is 87.1 cm³/mol. The Balaban J connectivity index is 1.37. The molecule has 7 heteroatoms. The van der Waals surface area contributed by atoms with Gasteiger partial charge in [0.1, 0.15) is 11.3 Å². The number of likely N-dealkylation sites (tertiary alicyclic amines) is 2. The quantitative estimate of drug-likeness (QED) is 0.886. The minimum absolute atomic E-state index is 0.283. The van der Waals surface area contributed by atoms with Gasteiger partial charge in [-0.15, -0.1) is 5.10 Å². The van der Waals surface area contributed by atoms with Crippen molar-refractivity contribution >= 4 is 16.9 Å². The van der Waals surface area contributed by atoms with Crippen molar-refractivity contribution in [1.29, 1.82) is 0 Å². The number of rotatable bonds is 3. The highest BCUT2D eigenvalue weighted by Gasteiger charge is 2.28. The summed E-state index contributed by atoms with van der Waals surface area (Å²) in [5, 5.41) is 8.30. The molecule has 24 heavy (non-hydrogen) atoms. The number of hydrogen-bond donors (Lipinski definition) is 1. The van der Waals surface area contributed by atoms with Crippen molar-refractivity contribution in [2.24, 2.45) is 0 Å². The van der Waals surface area contributed by atoms with Gasteiger partial charge in [0.15, 0.2) is 6.54 Å². The molecular formula is C17H23FN5O+. The zero-order valence-electron chi connectivity index (χ0n) is 13.7. The van der Waals surface area contributed by atoms with Crippen LogP contribution < -0.4 is 4.90 Å². The van der Waals surface area contributed by atoms with Crippen LogP contribution in [0.5, 0.6) is 0 Å². The first-order valence-electron chi connectivity index (χ1n) is 8.82. The molecule has 0 unspecified atom stereocenters. The molecule has 2 fully saturated rings. The fraction of sp³-hybridized carbons (Fsp3) is 0.588. The van der Waals surface area contributed by atoms with Gasteiger partial charge in [0, 0.05) is 32.0 Å². The average Bonchev–Trinajstić information content (AvgIpc) is 3.25. The summed E-state index contributed by atoms with van der Waals surface area (Å²) in [6.07, 6.45) is 4.23. The summed E-state index contributed by atoms with van der Waals surface area (Å²) < 4.78 is 15.2. The Morgan fingerprint density at radius 3 is 2.75 bits per heavy atom. The normalized spacial score (nSPS) is 24.6. The van der Waals surface area contributed by atoms with E-state index in [1.807, 2.05) is 9.58 Å². The maximum atomic E-state index is 13.3. The number of halogens is 1. The van der Waals surface area contributed by atoms with Crippen LogP contribution in [0.25, 0.3) is 11.0 Å². The number of amides is 1. The Bertz CT molecular complexity index is 732. The maximum Gasteiger partial charge on any atom is 0.277 e. The molecule has 0 aliphatic carbocycles. The van der Waals surface area contributed by atoms with Gasteiger partial charge in [-0.25, -0.2) is 9.07 Å². The summed E-state index contributed by atoms with van der Waals surface area (Å²) in [6.45, 7) is 4.39. The number of aromatic nitrogens is 3. The molecule has 2 aliphatic rings. The van der Waals surface area contributed by atoms with E-state index in [1.54, 1.807) is 6.07 Å². The van der Waals surface area contributed by atoms with Gasteiger partial charge in [0.25, 0.3) is 5.91 Å². The van der Waals surface area contributed by atoms with Crippen molar-refractivity contribution < 1.29 is 14.1 Å². The van der Waals surface area contributed by atoms with Crippen molar-refractivity contribution in [3.63, 3.8) is 0 Å². The highest BCUT2D eigenvalue weighted by Crippen LogP contribution is 2.22. The minimum atomic E-state index is -0.283. The van der Waals surface area contributed by atoms with Gasteiger partial charge in [0.05, 0.1) is 24.6 Å². The van der Waals surface area contributed by atoms with Gasteiger partial charge in [-0.2, -0.15) is 0 Å². The Labute approximate surface area is 140 Å². The number of benzene rings is 1. The molecule has 0 spiro atoms. The topological polar surface area (TPSA) is 55.5 Å². The average molecular weight is 332 g/mol. The van der Waals surface area contributed by atoms with Crippen LogP contribution in [0.4, 0.5) is 4.39 Å². The molecule has 0 radical (unpaired) electrons. The second-order valence-corrected chi connectivity index (χ2v) is 6.91. The predicted octanol–water partition coefficient (Wildman–Crippen LogP) is 0.413. The molecule has 128 valence electrons. The lowest BCUT2D eigenvalue weighted by molar-refractivity contribution is -0.898. The summed E-state index contributed by atoms with van der Waals surface area (Å²) in [7, 11) is 0. The van der Waals surface area contributed by atoms with Crippen LogP contribution in [-0.4, -0.2) is 58.5 Å². The lowest BCUT2D eigenvalue weighted by Crippen LogP contribution is -3.14. The summed E-state index contributed by atoms with van der Waals surface area (Å²) >= 11 is 0. The van der Waals surface area contributed by atoms with E-state index < -0.39 is 0 Å². The van der Waals surface area contributed by atoms with E-state index in [0.29, 0.717) is 18.0 Å². The molecule has 1 amide bonds. The van der Waals surface area contributed by atoms with Gasteiger partial charge in [-0.1, -0.05) is 5.21 Å². The second kappa shape index (κ2) is 6.47. The molecule has 0 bridgehead atoms. The number of carbonyl (C=O) groups excluding carboxylic acids is 1. The van der Waals surface area contributed by atoms with Crippen LogP contribution in [0.1, 0.15) is 31.7 Å². The van der Waals surface area contributed by atoms with E-state index in [1.165, 1.54) is 17.0 Å². The van der Waals surface area contributed by atoms with Gasteiger partial charge in [0.2, 0.25) is 0 Å². The van der Waals surface area contributed by atoms with Gasteiger partial charge >= 0.3 is 0 Å². The van der Waals surface area contributed by atoms with Crippen molar-refractivity contribution in [2.45, 2.75) is 31.7 Å². The molecule has 1 aromatic carbocycles. The second-order valence-electron chi connectivity index (χ2n) is 6.91. The number of nitrogens with zero attached hydrogens (tertiary/aromatic N) is 4. The fourth-order valence-corrected chi connectivity index (χ4v) is 3.91. The molecule has 1 aromatic heterocycles. The Morgan fingerprint density at radius 1 is 1.25 bits per heavy atom. The van der Waals surface area contributed by atoms with E-state index in [-0.39, 0.29) is 11.9 Å². The van der Waals surface area contributed by atoms with Crippen molar-refractivity contribution in [2.75, 3.05) is 32.7 Å². The molecule has 1 N–H and O–H groups in total. The van der Waals surface area contributed by atoms with Gasteiger partial charge in [-0.3, -0.25) is 4.79 Å². The summed E-state index contributed by atoms with van der Waals surface area (Å²) in [6, 6.07) is 4.91. The zero-order chi connectivity index (χ0) is 16.5. The molecule has 2 aliphatic heterocycles. The Kier molecular flexibility index (Phi) is 4.18. The van der Waals surface area contributed by atoms with Crippen LogP contribution in [0.15, 0.2) is 18.2 Å². The van der Waals surface area contributed by atoms with Crippen LogP contribution in [-0.2, 0) is 4.79 Å². The van der Waals surface area contributed by atoms with Crippen LogP contribution in [0.3, 0.4) is 0 Å². The van der Waals surface area contributed by atoms with Crippen LogP contribution in [0, 0.1) is 5.82 Å². The van der Waals surface area contributed by atoms with E-state index >= 15 is 0 Å². The van der Waals surface area contributed by atoms with Crippen LogP contribution >= 0.6 is 0 Å². The highest BCUT2D eigenvalue weighted by molar-refractivity contribution is 5.77. The molecule has 0 saturated carbocycles. The first-order valence-corrected chi connectivity index (χ1v) is 8.82. The minimum Gasteiger partial charge on any atom is -0.338 e. The molecule has 6 nitrogen and oxygen atoms in total. The molecule has 3 heterocycles. The summed E-state index contributed by atoms with van der Waals surface area (Å²) in [4.78, 5) is 15.6. The summed E-state index contributed by atoms with van der Waals surface area (Å²) in [5.74, 6) is 0.0110. The first-order chi connectivity index (χ1) is 11.7. The lowest BCUT2D eigenvalue weighted by Gasteiger charge is -2.30. The van der Waals surface area contributed by atoms with Gasteiger partial charge in [-0.05, 0) is 25.0 Å². The lowest BCUT2D eigenvalue weighted by atomic mass is 10.0. The Hall–Kier alpha value is -2.02. The molecule has 2 saturated heterocycles. The SMILES string of the molecule is O=C(C[NH+]1CCC(n2nnc3cc(F)ccc32)CC1)N1CCCC1. The number of piperidine rings is 1. The zero-order valence-corrected chi connectivity index (χ0v) is 13.7. The third-order valence-electron chi connectivity index (χ3n) is 5.30. The third kappa shape index (κ3) is 3.00. The molecule has 0 atom stereocenters. The smallest absolute Gasteiger partial charge is 0.277 e. The van der Waals surface area contributed by atoms with Crippen molar-refractivity contribution in [3.8, 4) is 0 Å². The maximum absolute atomic E-state index is 13.3. The highest BCUT2D eigenvalue weighted by atomic mass is 19.1. The first kappa shape index (κ1) is 15.5. The van der Waals surface area contributed by atoms with Crippen LogP contribution in [0.2, 0.25) is 0 Å². The van der Waals surface area contributed by atoms with E-state index in [0.717, 1.165) is 57.4 Å². The number of quaternary nitrogens is 1. The largest absolute Gasteiger partial charge is 0.338 e. The number of nitrogens with one attached hydrogen (secondary N) is 1.